The molecule has 23 heavy (non-hydrogen) atoms. The summed E-state index contributed by atoms with van der Waals surface area (Å²) in [5.41, 5.74) is 0.631. The molecular weight excluding hydrogens is 320 g/mol. The summed E-state index contributed by atoms with van der Waals surface area (Å²) in [6.07, 6.45) is 1.47. The number of carbonyl (C=O) groups is 1. The Morgan fingerprint density at radius 3 is 2.87 bits per heavy atom. The maximum absolute atomic E-state index is 12.0. The van der Waals surface area contributed by atoms with Crippen LogP contribution >= 0.6 is 11.6 Å². The van der Waals surface area contributed by atoms with Crippen LogP contribution in [0.1, 0.15) is 16.1 Å². The van der Waals surface area contributed by atoms with Crippen LogP contribution in [0.25, 0.3) is 5.65 Å². The predicted molar refractivity (Wildman–Crippen MR) is 83.7 cm³/mol. The van der Waals surface area contributed by atoms with Gasteiger partial charge in [0.15, 0.2) is 0 Å². The normalized spacial score (nSPS) is 10.7. The van der Waals surface area contributed by atoms with E-state index in [1.54, 1.807) is 12.1 Å². The van der Waals surface area contributed by atoms with Crippen molar-refractivity contribution < 1.29 is 14.6 Å². The highest BCUT2D eigenvalue weighted by Gasteiger charge is 2.10. The highest BCUT2D eigenvalue weighted by molar-refractivity contribution is 6.30. The first kappa shape index (κ1) is 15.1. The second-order valence-electron chi connectivity index (χ2n) is 4.79. The maximum atomic E-state index is 12.0. The molecule has 2 heterocycles. The number of aromatic hydroxyl groups is 1. The molecule has 3 rings (SSSR count). The number of benzene rings is 1. The Morgan fingerprint density at radius 2 is 2.09 bits per heavy atom. The SMILES string of the molecule is O=C(OCc1cc(=O)n2cc(Cl)ccc2n1)c1cccc(O)c1. The zero-order valence-electron chi connectivity index (χ0n) is 11.8. The Kier molecular flexibility index (Phi) is 3.99. The van der Waals surface area contributed by atoms with Gasteiger partial charge >= 0.3 is 5.97 Å². The predicted octanol–water partition coefficient (Wildman–Crippen LogP) is 2.41. The number of phenols is 1. The number of esters is 1. The molecule has 0 aliphatic carbocycles. The summed E-state index contributed by atoms with van der Waals surface area (Å²) >= 11 is 5.84. The number of phenolic OH excluding ortho intramolecular Hbond substituents is 1. The third-order valence-corrected chi connectivity index (χ3v) is 3.33. The molecule has 0 atom stereocenters. The Morgan fingerprint density at radius 1 is 1.26 bits per heavy atom. The summed E-state index contributed by atoms with van der Waals surface area (Å²) < 4.78 is 6.42. The molecule has 0 aliphatic heterocycles. The summed E-state index contributed by atoms with van der Waals surface area (Å²) in [5, 5.41) is 9.77. The number of hydrogen-bond acceptors (Lipinski definition) is 5. The van der Waals surface area contributed by atoms with Gasteiger partial charge in [0.25, 0.3) is 5.56 Å². The lowest BCUT2D eigenvalue weighted by molar-refractivity contribution is 0.0467. The average Bonchev–Trinajstić information content (AvgIpc) is 2.53. The van der Waals surface area contributed by atoms with Crippen molar-refractivity contribution in [3.8, 4) is 5.75 Å². The highest BCUT2D eigenvalue weighted by Crippen LogP contribution is 2.13. The van der Waals surface area contributed by atoms with Gasteiger partial charge in [-0.15, -0.1) is 0 Å². The van der Waals surface area contributed by atoms with Crippen molar-refractivity contribution >= 4 is 23.2 Å². The summed E-state index contributed by atoms with van der Waals surface area (Å²) in [6.45, 7) is -0.150. The molecule has 1 aromatic carbocycles. The minimum atomic E-state index is -0.612. The fourth-order valence-corrected chi connectivity index (χ4v) is 2.22. The molecule has 3 aromatic rings. The topological polar surface area (TPSA) is 80.9 Å². The zero-order valence-corrected chi connectivity index (χ0v) is 12.5. The van der Waals surface area contributed by atoms with Gasteiger partial charge in [0.05, 0.1) is 16.3 Å². The van der Waals surface area contributed by atoms with Crippen LogP contribution in [0.5, 0.6) is 5.75 Å². The fourth-order valence-electron chi connectivity index (χ4n) is 2.06. The standard InChI is InChI=1S/C16H11ClN2O4/c17-11-4-5-14-18-12(7-15(21)19(14)8-11)9-23-16(22)10-2-1-3-13(20)6-10/h1-8,20H,9H2. The first-order valence-corrected chi connectivity index (χ1v) is 7.05. The number of aromatic nitrogens is 2. The molecule has 0 spiro atoms. The Balaban J connectivity index is 1.81. The number of ether oxygens (including phenoxy) is 1. The molecule has 1 N–H and O–H groups in total. The third kappa shape index (κ3) is 3.32. The molecule has 0 radical (unpaired) electrons. The maximum Gasteiger partial charge on any atom is 0.338 e. The number of halogens is 1. The number of rotatable bonds is 3. The monoisotopic (exact) mass is 330 g/mol. The van der Waals surface area contributed by atoms with Gasteiger partial charge in [-0.2, -0.15) is 0 Å². The van der Waals surface area contributed by atoms with Crippen LogP contribution in [0.3, 0.4) is 0 Å². The molecule has 0 fully saturated rings. The lowest BCUT2D eigenvalue weighted by Gasteiger charge is -2.06. The molecular formula is C16H11ClN2O4. The third-order valence-electron chi connectivity index (χ3n) is 3.11. The number of pyridine rings is 1. The van der Waals surface area contributed by atoms with Crippen molar-refractivity contribution in [3.63, 3.8) is 0 Å². The molecule has 0 aliphatic rings. The molecule has 0 saturated carbocycles. The van der Waals surface area contributed by atoms with Gasteiger partial charge in [0, 0.05) is 12.3 Å². The van der Waals surface area contributed by atoms with E-state index in [9.17, 15) is 14.7 Å². The van der Waals surface area contributed by atoms with Crippen molar-refractivity contribution in [2.75, 3.05) is 0 Å². The van der Waals surface area contributed by atoms with Gasteiger partial charge in [-0.1, -0.05) is 17.7 Å². The number of carbonyl (C=O) groups excluding carboxylic acids is 1. The smallest absolute Gasteiger partial charge is 0.338 e. The minimum absolute atomic E-state index is 0.0293. The van der Waals surface area contributed by atoms with Crippen LogP contribution in [-0.4, -0.2) is 20.5 Å². The first-order chi connectivity index (χ1) is 11.0. The van der Waals surface area contributed by atoms with Gasteiger partial charge in [-0.25, -0.2) is 9.78 Å². The molecule has 2 aromatic heterocycles. The minimum Gasteiger partial charge on any atom is -0.508 e. The summed E-state index contributed by atoms with van der Waals surface area (Å²) in [7, 11) is 0. The molecule has 7 heteroatoms. The second-order valence-corrected chi connectivity index (χ2v) is 5.22. The van der Waals surface area contributed by atoms with E-state index in [1.807, 2.05) is 0 Å². The van der Waals surface area contributed by atoms with E-state index in [-0.39, 0.29) is 23.5 Å². The van der Waals surface area contributed by atoms with Crippen LogP contribution in [0.2, 0.25) is 5.02 Å². The van der Waals surface area contributed by atoms with Gasteiger partial charge in [-0.05, 0) is 30.3 Å². The number of nitrogens with zero attached hydrogens (tertiary/aromatic N) is 2. The van der Waals surface area contributed by atoms with E-state index in [4.69, 9.17) is 16.3 Å². The molecule has 116 valence electrons. The van der Waals surface area contributed by atoms with Crippen LogP contribution in [0.15, 0.2) is 53.5 Å². The van der Waals surface area contributed by atoms with Gasteiger partial charge in [0.2, 0.25) is 0 Å². The fraction of sp³-hybridized carbons (Fsp3) is 0.0625. The van der Waals surface area contributed by atoms with Gasteiger partial charge in [-0.3, -0.25) is 9.20 Å². The van der Waals surface area contributed by atoms with Crippen LogP contribution < -0.4 is 5.56 Å². The van der Waals surface area contributed by atoms with Crippen molar-refractivity contribution in [1.82, 2.24) is 9.38 Å². The van der Waals surface area contributed by atoms with E-state index in [0.717, 1.165) is 0 Å². The zero-order chi connectivity index (χ0) is 16.4. The van der Waals surface area contributed by atoms with E-state index in [0.29, 0.717) is 16.4 Å². The molecule has 0 bridgehead atoms. The van der Waals surface area contributed by atoms with Gasteiger partial charge < -0.3 is 9.84 Å². The number of fused-ring (bicyclic) bond motifs is 1. The van der Waals surface area contributed by atoms with E-state index >= 15 is 0 Å². The quantitative estimate of drug-likeness (QED) is 0.746. The lowest BCUT2D eigenvalue weighted by Crippen LogP contribution is -2.16. The van der Waals surface area contributed by atoms with Crippen LogP contribution in [-0.2, 0) is 11.3 Å². The molecule has 0 saturated heterocycles. The largest absolute Gasteiger partial charge is 0.508 e. The summed E-state index contributed by atoms with van der Waals surface area (Å²) in [4.78, 5) is 28.1. The van der Waals surface area contributed by atoms with E-state index in [2.05, 4.69) is 4.98 Å². The van der Waals surface area contributed by atoms with E-state index < -0.39 is 5.97 Å². The first-order valence-electron chi connectivity index (χ1n) is 6.67. The van der Waals surface area contributed by atoms with E-state index in [1.165, 1.54) is 40.9 Å². The lowest BCUT2D eigenvalue weighted by atomic mass is 10.2. The molecule has 6 nitrogen and oxygen atoms in total. The Bertz CT molecular complexity index is 952. The van der Waals surface area contributed by atoms with Crippen LogP contribution in [0.4, 0.5) is 0 Å². The summed E-state index contributed by atoms with van der Waals surface area (Å²) in [6, 6.07) is 10.3. The van der Waals surface area contributed by atoms with Crippen molar-refractivity contribution in [3.05, 3.63) is 75.3 Å². The van der Waals surface area contributed by atoms with Gasteiger partial charge in [0.1, 0.15) is 18.0 Å². The second kappa shape index (κ2) is 6.10. The number of hydrogen-bond donors (Lipinski definition) is 1. The Labute approximate surface area is 135 Å². The van der Waals surface area contributed by atoms with Crippen molar-refractivity contribution in [1.29, 1.82) is 0 Å². The molecule has 0 unspecified atom stereocenters. The summed E-state index contributed by atoms with van der Waals surface area (Å²) in [5.74, 6) is -0.641. The van der Waals surface area contributed by atoms with Crippen molar-refractivity contribution in [2.45, 2.75) is 6.61 Å². The van der Waals surface area contributed by atoms with Crippen molar-refractivity contribution in [2.24, 2.45) is 0 Å². The molecule has 0 amide bonds. The Hall–Kier alpha value is -2.86. The van der Waals surface area contributed by atoms with Crippen LogP contribution in [0, 0.1) is 0 Å². The average molecular weight is 331 g/mol. The highest BCUT2D eigenvalue weighted by atomic mass is 35.5.